The summed E-state index contributed by atoms with van der Waals surface area (Å²) in [6.07, 6.45) is 0.241. The van der Waals surface area contributed by atoms with Gasteiger partial charge in [0.15, 0.2) is 6.61 Å². The van der Waals surface area contributed by atoms with E-state index in [4.69, 9.17) is 9.15 Å². The first-order valence-electron chi connectivity index (χ1n) is 6.32. The topological polar surface area (TPSA) is 68.4 Å². The summed E-state index contributed by atoms with van der Waals surface area (Å²) in [7, 11) is 0. The molecule has 5 nitrogen and oxygen atoms in total. The average molecular weight is 262 g/mol. The number of rotatable bonds is 5. The molecule has 0 saturated carbocycles. The second kappa shape index (κ2) is 5.84. The van der Waals surface area contributed by atoms with E-state index in [1.54, 1.807) is 6.92 Å². The molecule has 5 heteroatoms. The Labute approximate surface area is 112 Å². The van der Waals surface area contributed by atoms with E-state index < -0.39 is 6.10 Å². The molecule has 0 radical (unpaired) electrons. The van der Waals surface area contributed by atoms with E-state index in [-0.39, 0.29) is 6.61 Å². The Morgan fingerprint density at radius 1 is 1.32 bits per heavy atom. The van der Waals surface area contributed by atoms with Crippen molar-refractivity contribution in [3.63, 3.8) is 0 Å². The number of hydrogen-bond donors (Lipinski definition) is 1. The van der Waals surface area contributed by atoms with Crippen molar-refractivity contribution >= 4 is 0 Å². The van der Waals surface area contributed by atoms with Crippen LogP contribution >= 0.6 is 0 Å². The largest absolute Gasteiger partial charge is 0.484 e. The minimum Gasteiger partial charge on any atom is -0.484 e. The second-order valence-electron chi connectivity index (χ2n) is 4.43. The van der Waals surface area contributed by atoms with E-state index in [9.17, 15) is 5.11 Å². The highest BCUT2D eigenvalue weighted by Gasteiger charge is 2.08. The SMILES string of the molecule is CCc1nnc(COc2ccc(C(C)O)cc2C)o1. The molecule has 1 heterocycles. The minimum absolute atomic E-state index is 0.252. The summed E-state index contributed by atoms with van der Waals surface area (Å²) < 4.78 is 11.0. The van der Waals surface area contributed by atoms with Gasteiger partial charge in [-0.3, -0.25) is 0 Å². The number of aliphatic hydroxyl groups is 1. The Morgan fingerprint density at radius 2 is 2.05 bits per heavy atom. The maximum Gasteiger partial charge on any atom is 0.253 e. The van der Waals surface area contributed by atoms with Crippen molar-refractivity contribution in [3.05, 3.63) is 41.1 Å². The lowest BCUT2D eigenvalue weighted by molar-refractivity contribution is 0.199. The van der Waals surface area contributed by atoms with E-state index in [0.29, 0.717) is 11.8 Å². The van der Waals surface area contributed by atoms with Crippen LogP contribution in [0.5, 0.6) is 5.75 Å². The molecule has 102 valence electrons. The summed E-state index contributed by atoms with van der Waals surface area (Å²) in [4.78, 5) is 0. The first kappa shape index (κ1) is 13.5. The zero-order valence-electron chi connectivity index (χ0n) is 11.4. The Kier molecular flexibility index (Phi) is 4.16. The van der Waals surface area contributed by atoms with E-state index in [0.717, 1.165) is 23.3 Å². The third-order valence-corrected chi connectivity index (χ3v) is 2.84. The van der Waals surface area contributed by atoms with Crippen molar-refractivity contribution in [2.75, 3.05) is 0 Å². The fourth-order valence-electron chi connectivity index (χ4n) is 1.72. The van der Waals surface area contributed by atoms with Gasteiger partial charge >= 0.3 is 0 Å². The third kappa shape index (κ3) is 3.32. The minimum atomic E-state index is -0.476. The van der Waals surface area contributed by atoms with Crippen LogP contribution in [0.25, 0.3) is 0 Å². The summed E-state index contributed by atoms with van der Waals surface area (Å²) in [5, 5.41) is 17.3. The Bertz CT molecular complexity index is 549. The summed E-state index contributed by atoms with van der Waals surface area (Å²) in [6.45, 7) is 5.88. The van der Waals surface area contributed by atoms with Gasteiger partial charge in [-0.1, -0.05) is 13.0 Å². The standard InChI is InChI=1S/C14H18N2O3/c1-4-13-15-16-14(19-13)8-18-12-6-5-11(10(3)17)7-9(12)2/h5-7,10,17H,4,8H2,1-3H3. The van der Waals surface area contributed by atoms with Gasteiger partial charge in [0, 0.05) is 6.42 Å². The summed E-state index contributed by atoms with van der Waals surface area (Å²) in [5.74, 6) is 1.83. The molecule has 0 aliphatic rings. The number of ether oxygens (including phenoxy) is 1. The molecule has 0 spiro atoms. The van der Waals surface area contributed by atoms with E-state index in [1.165, 1.54) is 0 Å². The molecule has 0 bridgehead atoms. The molecule has 2 aromatic rings. The fraction of sp³-hybridized carbons (Fsp3) is 0.429. The van der Waals surface area contributed by atoms with E-state index in [1.807, 2.05) is 32.0 Å². The van der Waals surface area contributed by atoms with Crippen molar-refractivity contribution in [2.24, 2.45) is 0 Å². The molecule has 1 unspecified atom stereocenters. The quantitative estimate of drug-likeness (QED) is 0.896. The number of aryl methyl sites for hydroxylation is 2. The molecule has 1 aromatic heterocycles. The monoisotopic (exact) mass is 262 g/mol. The number of benzene rings is 1. The first-order valence-corrected chi connectivity index (χ1v) is 6.32. The van der Waals surface area contributed by atoms with Gasteiger partial charge < -0.3 is 14.3 Å². The van der Waals surface area contributed by atoms with Gasteiger partial charge in [-0.2, -0.15) is 0 Å². The molecule has 1 N–H and O–H groups in total. The average Bonchev–Trinajstić information content (AvgIpc) is 2.85. The zero-order chi connectivity index (χ0) is 13.8. The molecule has 0 amide bonds. The number of aliphatic hydroxyl groups excluding tert-OH is 1. The Hall–Kier alpha value is -1.88. The van der Waals surface area contributed by atoms with Gasteiger partial charge in [-0.05, 0) is 37.1 Å². The highest BCUT2D eigenvalue weighted by molar-refractivity contribution is 5.36. The van der Waals surface area contributed by atoms with Gasteiger partial charge in [-0.15, -0.1) is 10.2 Å². The lowest BCUT2D eigenvalue weighted by Crippen LogP contribution is -1.99. The number of aromatic nitrogens is 2. The summed E-state index contributed by atoms with van der Waals surface area (Å²) in [6, 6.07) is 5.60. The van der Waals surface area contributed by atoms with Crippen molar-refractivity contribution in [3.8, 4) is 5.75 Å². The molecule has 1 atom stereocenters. The lowest BCUT2D eigenvalue weighted by atomic mass is 10.1. The van der Waals surface area contributed by atoms with E-state index >= 15 is 0 Å². The number of hydrogen-bond acceptors (Lipinski definition) is 5. The van der Waals surface area contributed by atoms with Gasteiger partial charge in [0.05, 0.1) is 6.10 Å². The second-order valence-corrected chi connectivity index (χ2v) is 4.43. The van der Waals surface area contributed by atoms with Crippen LogP contribution in [-0.4, -0.2) is 15.3 Å². The highest BCUT2D eigenvalue weighted by Crippen LogP contribution is 2.23. The van der Waals surface area contributed by atoms with Gasteiger partial charge in [0.2, 0.25) is 5.89 Å². The summed E-state index contributed by atoms with van der Waals surface area (Å²) in [5.41, 5.74) is 1.84. The molecule has 19 heavy (non-hydrogen) atoms. The van der Waals surface area contributed by atoms with Gasteiger partial charge in [0.1, 0.15) is 5.75 Å². The third-order valence-electron chi connectivity index (χ3n) is 2.84. The predicted octanol–water partition coefficient (Wildman–Crippen LogP) is 2.57. The van der Waals surface area contributed by atoms with Crippen LogP contribution < -0.4 is 4.74 Å². The molecule has 0 fully saturated rings. The molecular formula is C14H18N2O3. The molecule has 2 rings (SSSR count). The van der Waals surface area contributed by atoms with E-state index in [2.05, 4.69) is 10.2 Å². The van der Waals surface area contributed by atoms with Crippen molar-refractivity contribution in [2.45, 2.75) is 39.9 Å². The smallest absolute Gasteiger partial charge is 0.253 e. The maximum absolute atomic E-state index is 9.50. The predicted molar refractivity (Wildman–Crippen MR) is 69.8 cm³/mol. The Balaban J connectivity index is 2.03. The molecule has 0 aliphatic carbocycles. The summed E-state index contributed by atoms with van der Waals surface area (Å²) >= 11 is 0. The molecule has 1 aromatic carbocycles. The highest BCUT2D eigenvalue weighted by atomic mass is 16.5. The van der Waals surface area contributed by atoms with Gasteiger partial charge in [-0.25, -0.2) is 0 Å². The molecule has 0 aliphatic heterocycles. The fourth-order valence-corrected chi connectivity index (χ4v) is 1.72. The first-order chi connectivity index (χ1) is 9.10. The number of nitrogens with zero attached hydrogens (tertiary/aromatic N) is 2. The normalized spacial score (nSPS) is 12.4. The molecule has 0 saturated heterocycles. The van der Waals surface area contributed by atoms with Gasteiger partial charge in [0.25, 0.3) is 5.89 Å². The Morgan fingerprint density at radius 3 is 2.63 bits per heavy atom. The van der Waals surface area contributed by atoms with Crippen LogP contribution in [0.1, 0.15) is 42.9 Å². The van der Waals surface area contributed by atoms with Crippen LogP contribution in [0, 0.1) is 6.92 Å². The van der Waals surface area contributed by atoms with Crippen molar-refractivity contribution in [1.29, 1.82) is 0 Å². The van der Waals surface area contributed by atoms with Crippen molar-refractivity contribution < 1.29 is 14.3 Å². The van der Waals surface area contributed by atoms with Crippen LogP contribution in [0.3, 0.4) is 0 Å². The molecular weight excluding hydrogens is 244 g/mol. The van der Waals surface area contributed by atoms with Crippen LogP contribution in [-0.2, 0) is 13.0 Å². The zero-order valence-corrected chi connectivity index (χ0v) is 11.4. The van der Waals surface area contributed by atoms with Crippen LogP contribution in [0.2, 0.25) is 0 Å². The van der Waals surface area contributed by atoms with Crippen LogP contribution in [0.4, 0.5) is 0 Å². The van der Waals surface area contributed by atoms with Crippen LogP contribution in [0.15, 0.2) is 22.6 Å². The maximum atomic E-state index is 9.50. The lowest BCUT2D eigenvalue weighted by Gasteiger charge is -2.10. The van der Waals surface area contributed by atoms with Crippen molar-refractivity contribution in [1.82, 2.24) is 10.2 Å².